The lowest BCUT2D eigenvalue weighted by molar-refractivity contribution is -0.131. The van der Waals surface area contributed by atoms with E-state index in [0.717, 1.165) is 25.9 Å². The van der Waals surface area contributed by atoms with Gasteiger partial charge < -0.3 is 10.2 Å². The number of hydrogen-bond acceptors (Lipinski definition) is 2. The minimum Gasteiger partial charge on any atom is -0.342 e. The van der Waals surface area contributed by atoms with Gasteiger partial charge in [0.25, 0.3) is 0 Å². The molecule has 0 aromatic rings. The molecule has 0 aliphatic carbocycles. The van der Waals surface area contributed by atoms with Crippen molar-refractivity contribution in [2.24, 2.45) is 5.92 Å². The van der Waals surface area contributed by atoms with Crippen LogP contribution in [-0.4, -0.2) is 37.5 Å². The Bertz CT molecular complexity index is 244. The Kier molecular flexibility index (Phi) is 4.48. The molecule has 0 spiro atoms. The molecule has 1 N–H and O–H groups in total. The summed E-state index contributed by atoms with van der Waals surface area (Å²) in [6, 6.07) is 0. The molecule has 0 bridgehead atoms. The Hall–Kier alpha value is -1.01. The predicted molar refractivity (Wildman–Crippen MR) is 56.7 cm³/mol. The summed E-state index contributed by atoms with van der Waals surface area (Å²) in [5.74, 6) is 6.82. The van der Waals surface area contributed by atoms with Gasteiger partial charge in [0.1, 0.15) is 0 Å². The maximum atomic E-state index is 11.5. The van der Waals surface area contributed by atoms with E-state index < -0.39 is 0 Å². The first kappa shape index (κ1) is 11.1. The van der Waals surface area contributed by atoms with Crippen molar-refractivity contribution in [1.29, 1.82) is 0 Å². The number of nitrogens with zero attached hydrogens (tertiary/aromatic N) is 1. The highest BCUT2D eigenvalue weighted by atomic mass is 16.2. The Labute approximate surface area is 85.9 Å². The van der Waals surface area contributed by atoms with Crippen LogP contribution in [0.25, 0.3) is 0 Å². The molecule has 1 saturated heterocycles. The molecule has 0 aromatic carbocycles. The zero-order chi connectivity index (χ0) is 10.4. The number of hydrogen-bond donors (Lipinski definition) is 1. The van der Waals surface area contributed by atoms with Crippen molar-refractivity contribution in [3.63, 3.8) is 0 Å². The molecule has 78 valence electrons. The second-order valence-corrected chi connectivity index (χ2v) is 3.58. The largest absolute Gasteiger partial charge is 0.342 e. The average molecular weight is 194 g/mol. The third-order valence-electron chi connectivity index (χ3n) is 2.52. The molecule has 0 aromatic heterocycles. The molecule has 1 aliphatic rings. The Morgan fingerprint density at radius 1 is 1.50 bits per heavy atom. The Morgan fingerprint density at radius 3 is 2.64 bits per heavy atom. The van der Waals surface area contributed by atoms with Crippen LogP contribution in [0.3, 0.4) is 0 Å². The number of carbonyl (C=O) groups excluding carboxylic acids is 1. The van der Waals surface area contributed by atoms with Gasteiger partial charge in [0.05, 0.1) is 6.54 Å². The Morgan fingerprint density at radius 2 is 2.14 bits per heavy atom. The monoisotopic (exact) mass is 194 g/mol. The van der Waals surface area contributed by atoms with Crippen LogP contribution in [0.4, 0.5) is 0 Å². The van der Waals surface area contributed by atoms with Gasteiger partial charge in [0.15, 0.2) is 0 Å². The summed E-state index contributed by atoms with van der Waals surface area (Å²) >= 11 is 0. The van der Waals surface area contributed by atoms with Crippen molar-refractivity contribution >= 4 is 5.91 Å². The highest BCUT2D eigenvalue weighted by Gasteiger charge is 2.20. The molecule has 0 saturated carbocycles. The fraction of sp³-hybridized carbons (Fsp3) is 0.727. The zero-order valence-electron chi connectivity index (χ0n) is 8.97. The van der Waals surface area contributed by atoms with E-state index in [2.05, 4.69) is 17.2 Å². The van der Waals surface area contributed by atoms with E-state index in [1.54, 1.807) is 7.05 Å². The molecule has 1 amide bonds. The van der Waals surface area contributed by atoms with Gasteiger partial charge in [-0.15, -0.1) is 11.8 Å². The van der Waals surface area contributed by atoms with E-state index >= 15 is 0 Å². The van der Waals surface area contributed by atoms with Crippen LogP contribution in [0.1, 0.15) is 19.8 Å². The smallest absolute Gasteiger partial charge is 0.236 e. The molecule has 3 heteroatoms. The van der Waals surface area contributed by atoms with Crippen molar-refractivity contribution in [3.05, 3.63) is 0 Å². The molecule has 1 fully saturated rings. The summed E-state index contributed by atoms with van der Waals surface area (Å²) in [7, 11) is 1.80. The van der Waals surface area contributed by atoms with Crippen LogP contribution in [0.2, 0.25) is 0 Å². The van der Waals surface area contributed by atoms with E-state index in [-0.39, 0.29) is 5.91 Å². The van der Waals surface area contributed by atoms with Crippen LogP contribution >= 0.6 is 0 Å². The minimum absolute atomic E-state index is 0.204. The number of rotatable bonds is 2. The molecule has 14 heavy (non-hydrogen) atoms. The number of carbonyl (C=O) groups is 1. The molecule has 1 heterocycles. The van der Waals surface area contributed by atoms with E-state index in [9.17, 15) is 4.79 Å². The lowest BCUT2D eigenvalue weighted by Gasteiger charge is -2.29. The van der Waals surface area contributed by atoms with Gasteiger partial charge in [0.2, 0.25) is 5.91 Å². The van der Waals surface area contributed by atoms with Crippen molar-refractivity contribution < 1.29 is 4.79 Å². The van der Waals surface area contributed by atoms with Crippen molar-refractivity contribution in [1.82, 2.24) is 10.2 Å². The van der Waals surface area contributed by atoms with Crippen LogP contribution < -0.4 is 5.32 Å². The number of nitrogens with one attached hydrogen (secondary N) is 1. The van der Waals surface area contributed by atoms with Gasteiger partial charge in [-0.05, 0) is 26.8 Å². The summed E-state index contributed by atoms with van der Waals surface area (Å²) in [5, 5.41) is 2.88. The topological polar surface area (TPSA) is 32.3 Å². The number of piperidine rings is 1. The summed E-state index contributed by atoms with van der Waals surface area (Å²) in [5.41, 5.74) is 0. The average Bonchev–Trinajstić information content (AvgIpc) is 2.20. The second kappa shape index (κ2) is 5.66. The molecule has 0 unspecified atom stereocenters. The molecular weight excluding hydrogens is 176 g/mol. The second-order valence-electron chi connectivity index (χ2n) is 3.58. The minimum atomic E-state index is 0.204. The molecular formula is C11H18N2O. The highest BCUT2D eigenvalue weighted by molar-refractivity contribution is 5.78. The lowest BCUT2D eigenvalue weighted by Crippen LogP contribution is -2.42. The van der Waals surface area contributed by atoms with Crippen LogP contribution in [-0.2, 0) is 4.79 Å². The summed E-state index contributed by atoms with van der Waals surface area (Å²) in [6.07, 6.45) is 2.05. The van der Waals surface area contributed by atoms with Gasteiger partial charge >= 0.3 is 0 Å². The molecule has 0 atom stereocenters. The number of likely N-dealkylation sites (N-methyl/N-ethyl adjacent to an activating group) is 1. The fourth-order valence-electron chi connectivity index (χ4n) is 1.74. The van der Waals surface area contributed by atoms with Gasteiger partial charge in [0, 0.05) is 19.0 Å². The van der Waals surface area contributed by atoms with Crippen LogP contribution in [0.15, 0.2) is 0 Å². The lowest BCUT2D eigenvalue weighted by atomic mass is 9.97. The van der Waals surface area contributed by atoms with Gasteiger partial charge in [-0.2, -0.15) is 0 Å². The third-order valence-corrected chi connectivity index (χ3v) is 2.52. The highest BCUT2D eigenvalue weighted by Crippen LogP contribution is 2.15. The number of likely N-dealkylation sites (tertiary alicyclic amines) is 1. The SMILES string of the molecule is CC#CC1CCN(C(=O)CNC)CC1. The van der Waals surface area contributed by atoms with Crippen LogP contribution in [0, 0.1) is 17.8 Å². The molecule has 1 rings (SSSR count). The van der Waals surface area contributed by atoms with Gasteiger partial charge in [-0.1, -0.05) is 0 Å². The maximum Gasteiger partial charge on any atom is 0.236 e. The van der Waals surface area contributed by atoms with Crippen molar-refractivity contribution in [2.75, 3.05) is 26.7 Å². The summed E-state index contributed by atoms with van der Waals surface area (Å²) in [6.45, 7) is 4.04. The number of amides is 1. The molecule has 0 radical (unpaired) electrons. The van der Waals surface area contributed by atoms with Gasteiger partial charge in [-0.25, -0.2) is 0 Å². The Balaban J connectivity index is 2.34. The van der Waals surface area contributed by atoms with E-state index in [4.69, 9.17) is 0 Å². The van der Waals surface area contributed by atoms with Crippen molar-refractivity contribution in [2.45, 2.75) is 19.8 Å². The zero-order valence-corrected chi connectivity index (χ0v) is 8.97. The maximum absolute atomic E-state index is 11.5. The van der Waals surface area contributed by atoms with E-state index in [1.165, 1.54) is 0 Å². The van der Waals surface area contributed by atoms with Crippen molar-refractivity contribution in [3.8, 4) is 11.8 Å². The molecule has 1 aliphatic heterocycles. The summed E-state index contributed by atoms with van der Waals surface area (Å²) in [4.78, 5) is 13.4. The predicted octanol–water partition coefficient (Wildman–Crippen LogP) is 0.468. The summed E-state index contributed by atoms with van der Waals surface area (Å²) < 4.78 is 0. The standard InChI is InChI=1S/C11H18N2O/c1-3-4-10-5-7-13(8-6-10)11(14)9-12-2/h10,12H,5-9H2,1-2H3. The third kappa shape index (κ3) is 3.04. The fourth-order valence-corrected chi connectivity index (χ4v) is 1.74. The first-order valence-electron chi connectivity index (χ1n) is 5.12. The van der Waals surface area contributed by atoms with E-state index in [1.807, 2.05) is 11.8 Å². The van der Waals surface area contributed by atoms with Crippen LogP contribution in [0.5, 0.6) is 0 Å². The normalized spacial score (nSPS) is 17.4. The quantitative estimate of drug-likeness (QED) is 0.648. The first-order chi connectivity index (χ1) is 6.77. The first-order valence-corrected chi connectivity index (χ1v) is 5.12. The molecule has 3 nitrogen and oxygen atoms in total. The van der Waals surface area contributed by atoms with E-state index in [0.29, 0.717) is 12.5 Å². The van der Waals surface area contributed by atoms with Gasteiger partial charge in [-0.3, -0.25) is 4.79 Å².